The molecule has 0 spiro atoms. The van der Waals surface area contributed by atoms with Crippen molar-refractivity contribution < 1.29 is 14.4 Å². The lowest BCUT2D eigenvalue weighted by molar-refractivity contribution is 0.321. The summed E-state index contributed by atoms with van der Waals surface area (Å²) in [6.07, 6.45) is 1.25. The van der Waals surface area contributed by atoms with E-state index in [0.717, 1.165) is 11.0 Å². The second-order valence-corrected chi connectivity index (χ2v) is 3.77. The monoisotopic (exact) mass is 242 g/mol. The van der Waals surface area contributed by atoms with Gasteiger partial charge < -0.3 is 14.4 Å². The number of fused-ring (bicyclic) bond motifs is 3. The Balaban J connectivity index is 2.44. The molecule has 90 valence electrons. The minimum atomic E-state index is 0.508. The standard InChI is InChI=1S/C13H10N2O3/c1-17-11-6-8(7-14-16)15-12-9-4-2-3-5-10(9)18-13(11)12/h2-7,16H,1H3/b14-7+. The molecule has 0 amide bonds. The van der Waals surface area contributed by atoms with Crippen LogP contribution in [0.15, 0.2) is 39.9 Å². The first-order valence-corrected chi connectivity index (χ1v) is 5.37. The van der Waals surface area contributed by atoms with Crippen molar-refractivity contribution in [3.05, 3.63) is 36.0 Å². The maximum atomic E-state index is 8.58. The molecule has 0 radical (unpaired) electrons. The second kappa shape index (κ2) is 4.03. The fraction of sp³-hybridized carbons (Fsp3) is 0.0769. The maximum Gasteiger partial charge on any atom is 0.195 e. The summed E-state index contributed by atoms with van der Waals surface area (Å²) in [5, 5.41) is 12.5. The van der Waals surface area contributed by atoms with Gasteiger partial charge in [0.25, 0.3) is 0 Å². The molecule has 1 aromatic carbocycles. The van der Waals surface area contributed by atoms with Crippen LogP contribution in [0, 0.1) is 0 Å². The molecule has 0 fully saturated rings. The average Bonchev–Trinajstić information content (AvgIpc) is 2.77. The Morgan fingerprint density at radius 3 is 3.00 bits per heavy atom. The molecule has 0 bridgehead atoms. The van der Waals surface area contributed by atoms with E-state index in [0.29, 0.717) is 22.5 Å². The van der Waals surface area contributed by atoms with Crippen LogP contribution in [0.1, 0.15) is 5.69 Å². The average molecular weight is 242 g/mol. The highest BCUT2D eigenvalue weighted by molar-refractivity contribution is 6.05. The normalized spacial score (nSPS) is 11.6. The fourth-order valence-corrected chi connectivity index (χ4v) is 1.95. The van der Waals surface area contributed by atoms with Crippen LogP contribution < -0.4 is 4.74 Å². The van der Waals surface area contributed by atoms with Crippen molar-refractivity contribution >= 4 is 28.3 Å². The van der Waals surface area contributed by atoms with Crippen LogP contribution in [0.5, 0.6) is 5.75 Å². The van der Waals surface area contributed by atoms with Crippen LogP contribution in [0.25, 0.3) is 22.1 Å². The van der Waals surface area contributed by atoms with Gasteiger partial charge >= 0.3 is 0 Å². The SMILES string of the molecule is COc1cc(/C=N/O)nc2c1oc1ccccc12. The van der Waals surface area contributed by atoms with Crippen molar-refractivity contribution in [1.82, 2.24) is 4.98 Å². The number of pyridine rings is 1. The predicted octanol–water partition coefficient (Wildman–Crippen LogP) is 2.80. The van der Waals surface area contributed by atoms with E-state index in [2.05, 4.69) is 10.1 Å². The van der Waals surface area contributed by atoms with Gasteiger partial charge in [0, 0.05) is 11.5 Å². The molecule has 0 saturated carbocycles. The number of nitrogens with zero attached hydrogens (tertiary/aromatic N) is 2. The molecule has 3 aromatic rings. The van der Waals surface area contributed by atoms with Crippen LogP contribution in [0.2, 0.25) is 0 Å². The topological polar surface area (TPSA) is 67.8 Å². The van der Waals surface area contributed by atoms with E-state index in [1.165, 1.54) is 6.21 Å². The Kier molecular flexibility index (Phi) is 2.37. The van der Waals surface area contributed by atoms with Gasteiger partial charge in [-0.3, -0.25) is 0 Å². The molecule has 2 aromatic heterocycles. The quantitative estimate of drug-likeness (QED) is 0.426. The lowest BCUT2D eigenvalue weighted by Crippen LogP contribution is -1.91. The summed E-state index contributed by atoms with van der Waals surface area (Å²) in [6, 6.07) is 9.26. The summed E-state index contributed by atoms with van der Waals surface area (Å²) in [4.78, 5) is 4.38. The Bertz CT molecular complexity index is 746. The van der Waals surface area contributed by atoms with E-state index < -0.39 is 0 Å². The molecule has 0 aliphatic heterocycles. The molecule has 0 aliphatic carbocycles. The van der Waals surface area contributed by atoms with Gasteiger partial charge in [0.05, 0.1) is 19.0 Å². The highest BCUT2D eigenvalue weighted by atomic mass is 16.5. The number of benzene rings is 1. The van der Waals surface area contributed by atoms with Gasteiger partial charge in [-0.05, 0) is 12.1 Å². The molecule has 0 aliphatic rings. The first-order chi connectivity index (χ1) is 8.83. The van der Waals surface area contributed by atoms with Gasteiger partial charge in [0.2, 0.25) is 0 Å². The number of hydrogen-bond acceptors (Lipinski definition) is 5. The van der Waals surface area contributed by atoms with E-state index >= 15 is 0 Å². The van der Waals surface area contributed by atoms with E-state index in [-0.39, 0.29) is 0 Å². The zero-order chi connectivity index (χ0) is 12.5. The number of rotatable bonds is 2. The Morgan fingerprint density at radius 2 is 2.22 bits per heavy atom. The molecule has 0 unspecified atom stereocenters. The molecule has 1 N–H and O–H groups in total. The maximum absolute atomic E-state index is 8.58. The lowest BCUT2D eigenvalue weighted by atomic mass is 10.2. The first-order valence-electron chi connectivity index (χ1n) is 5.37. The molecule has 5 heteroatoms. The Morgan fingerprint density at radius 1 is 1.39 bits per heavy atom. The molecule has 2 heterocycles. The van der Waals surface area contributed by atoms with Gasteiger partial charge in [-0.25, -0.2) is 4.98 Å². The van der Waals surface area contributed by atoms with Crippen LogP contribution in [-0.2, 0) is 0 Å². The minimum absolute atomic E-state index is 0.508. The summed E-state index contributed by atoms with van der Waals surface area (Å²) in [5.41, 5.74) is 2.54. The van der Waals surface area contributed by atoms with Crippen LogP contribution in [-0.4, -0.2) is 23.5 Å². The largest absolute Gasteiger partial charge is 0.493 e. The smallest absolute Gasteiger partial charge is 0.195 e. The van der Waals surface area contributed by atoms with Gasteiger partial charge in [0.1, 0.15) is 11.1 Å². The third-order valence-electron chi connectivity index (χ3n) is 2.72. The number of para-hydroxylation sites is 1. The molecule has 3 rings (SSSR count). The van der Waals surface area contributed by atoms with Crippen molar-refractivity contribution in [2.75, 3.05) is 7.11 Å². The molecular weight excluding hydrogens is 232 g/mol. The molecule has 0 atom stereocenters. The van der Waals surface area contributed by atoms with Crippen molar-refractivity contribution in [1.29, 1.82) is 0 Å². The highest BCUT2D eigenvalue weighted by Crippen LogP contribution is 2.33. The van der Waals surface area contributed by atoms with Crippen LogP contribution >= 0.6 is 0 Å². The zero-order valence-electron chi connectivity index (χ0n) is 9.62. The molecule has 0 saturated heterocycles. The number of ether oxygens (including phenoxy) is 1. The number of oxime groups is 1. The van der Waals surface area contributed by atoms with Gasteiger partial charge in [-0.2, -0.15) is 0 Å². The number of hydrogen-bond donors (Lipinski definition) is 1. The van der Waals surface area contributed by atoms with Gasteiger partial charge in [0.15, 0.2) is 11.3 Å². The van der Waals surface area contributed by atoms with E-state index in [1.807, 2.05) is 24.3 Å². The Hall–Kier alpha value is -2.56. The van der Waals surface area contributed by atoms with Gasteiger partial charge in [-0.15, -0.1) is 0 Å². The van der Waals surface area contributed by atoms with Crippen LogP contribution in [0.4, 0.5) is 0 Å². The van der Waals surface area contributed by atoms with E-state index in [9.17, 15) is 0 Å². The Labute approximate surface area is 102 Å². The second-order valence-electron chi connectivity index (χ2n) is 3.77. The number of methoxy groups -OCH3 is 1. The summed E-state index contributed by atoms with van der Waals surface area (Å²) < 4.78 is 11.0. The van der Waals surface area contributed by atoms with Crippen molar-refractivity contribution in [2.45, 2.75) is 0 Å². The van der Waals surface area contributed by atoms with Crippen LogP contribution in [0.3, 0.4) is 0 Å². The third-order valence-corrected chi connectivity index (χ3v) is 2.72. The molecule has 18 heavy (non-hydrogen) atoms. The summed E-state index contributed by atoms with van der Waals surface area (Å²) >= 11 is 0. The summed E-state index contributed by atoms with van der Waals surface area (Å²) in [6.45, 7) is 0. The van der Waals surface area contributed by atoms with E-state index in [1.54, 1.807) is 13.2 Å². The minimum Gasteiger partial charge on any atom is -0.493 e. The third kappa shape index (κ3) is 1.48. The van der Waals surface area contributed by atoms with Crippen molar-refractivity contribution in [2.24, 2.45) is 5.16 Å². The van der Waals surface area contributed by atoms with E-state index in [4.69, 9.17) is 14.4 Å². The summed E-state index contributed by atoms with van der Waals surface area (Å²) in [5.74, 6) is 0.561. The lowest BCUT2D eigenvalue weighted by Gasteiger charge is -2.01. The predicted molar refractivity (Wildman–Crippen MR) is 67.4 cm³/mol. The molecule has 5 nitrogen and oxygen atoms in total. The number of aromatic nitrogens is 1. The summed E-state index contributed by atoms with van der Waals surface area (Å²) in [7, 11) is 1.56. The fourth-order valence-electron chi connectivity index (χ4n) is 1.95. The molecular formula is C13H10N2O3. The van der Waals surface area contributed by atoms with Gasteiger partial charge in [-0.1, -0.05) is 17.3 Å². The first kappa shape index (κ1) is 10.6. The highest BCUT2D eigenvalue weighted by Gasteiger charge is 2.13. The number of furan rings is 1. The van der Waals surface area contributed by atoms with Crippen molar-refractivity contribution in [3.63, 3.8) is 0 Å². The zero-order valence-corrected chi connectivity index (χ0v) is 9.62. The van der Waals surface area contributed by atoms with Crippen molar-refractivity contribution in [3.8, 4) is 5.75 Å².